The van der Waals surface area contributed by atoms with Gasteiger partial charge in [-0.3, -0.25) is 9.59 Å². The van der Waals surface area contributed by atoms with Crippen molar-refractivity contribution in [3.05, 3.63) is 64.8 Å². The number of benzene rings is 2. The van der Waals surface area contributed by atoms with E-state index in [1.54, 1.807) is 45.0 Å². The average molecular weight is 353 g/mol. The Morgan fingerprint density at radius 3 is 2.31 bits per heavy atom. The average Bonchev–Trinajstić information content (AvgIpc) is 2.54. The number of ketones is 1. The van der Waals surface area contributed by atoms with E-state index >= 15 is 0 Å². The zero-order valence-corrected chi connectivity index (χ0v) is 15.1. The Kier molecular flexibility index (Phi) is 5.41. The van der Waals surface area contributed by atoms with Crippen LogP contribution in [0.25, 0.3) is 4.85 Å². The first-order valence-electron chi connectivity index (χ1n) is 8.02. The highest BCUT2D eigenvalue weighted by Gasteiger charge is 2.28. The fourth-order valence-electron chi connectivity index (χ4n) is 2.44. The maximum Gasteiger partial charge on any atom is 0.249 e. The van der Waals surface area contributed by atoms with Gasteiger partial charge >= 0.3 is 0 Å². The minimum atomic E-state index is -1.03. The molecule has 0 atom stereocenters. The Bertz CT molecular complexity index is 914. The number of halogens is 1. The molecule has 0 aromatic heterocycles. The van der Waals surface area contributed by atoms with Crippen LogP contribution in [-0.4, -0.2) is 17.2 Å². The number of nitrogens with one attached hydrogen (secondary N) is 2. The molecule has 0 aliphatic heterocycles. The van der Waals surface area contributed by atoms with Crippen molar-refractivity contribution in [2.45, 2.75) is 33.2 Å². The lowest BCUT2D eigenvalue weighted by molar-refractivity contribution is -0.119. The van der Waals surface area contributed by atoms with Crippen LogP contribution < -0.4 is 10.6 Å². The molecule has 0 aliphatic carbocycles. The van der Waals surface area contributed by atoms with Crippen LogP contribution in [0.5, 0.6) is 0 Å². The predicted octanol–water partition coefficient (Wildman–Crippen LogP) is 4.72. The van der Waals surface area contributed by atoms with Crippen LogP contribution in [0.1, 0.15) is 36.7 Å². The lowest BCUT2D eigenvalue weighted by Crippen LogP contribution is -2.44. The lowest BCUT2D eigenvalue weighted by Gasteiger charge is -2.26. The summed E-state index contributed by atoms with van der Waals surface area (Å²) in [4.78, 5) is 27.3. The maximum absolute atomic E-state index is 14.0. The third-order valence-corrected chi connectivity index (χ3v) is 3.95. The Hall–Kier alpha value is -3.20. The first-order valence-corrected chi connectivity index (χ1v) is 8.02. The van der Waals surface area contributed by atoms with E-state index in [9.17, 15) is 14.0 Å². The Morgan fingerprint density at radius 1 is 1.12 bits per heavy atom. The minimum Gasteiger partial charge on any atom is -0.372 e. The molecule has 1 amide bonds. The number of amides is 1. The largest absolute Gasteiger partial charge is 0.372 e. The standard InChI is InChI=1S/C20H20FN3O2/c1-12-10-14(7-9-18(12)22-5)23-19(26)20(3,4)24-15-6-8-16(13(2)25)17(21)11-15/h6-11,24H,1-4H3,(H,23,26). The van der Waals surface area contributed by atoms with Gasteiger partial charge in [-0.15, -0.1) is 0 Å². The maximum atomic E-state index is 14.0. The molecule has 5 nitrogen and oxygen atoms in total. The Balaban J connectivity index is 2.15. The highest BCUT2D eigenvalue weighted by atomic mass is 19.1. The summed E-state index contributed by atoms with van der Waals surface area (Å²) in [7, 11) is 0. The van der Waals surface area contributed by atoms with E-state index in [-0.39, 0.29) is 17.3 Å². The van der Waals surface area contributed by atoms with Crippen molar-refractivity contribution in [1.29, 1.82) is 0 Å². The highest BCUT2D eigenvalue weighted by Crippen LogP contribution is 2.24. The molecule has 0 aliphatic rings. The second-order valence-electron chi connectivity index (χ2n) is 6.57. The van der Waals surface area contributed by atoms with Crippen molar-refractivity contribution >= 4 is 28.8 Å². The number of rotatable bonds is 5. The van der Waals surface area contributed by atoms with Crippen LogP contribution in [0.15, 0.2) is 36.4 Å². The number of anilines is 2. The van der Waals surface area contributed by atoms with E-state index in [4.69, 9.17) is 6.57 Å². The van der Waals surface area contributed by atoms with Crippen molar-refractivity contribution in [2.24, 2.45) is 0 Å². The van der Waals surface area contributed by atoms with Gasteiger partial charge in [0.1, 0.15) is 11.4 Å². The molecule has 0 bridgehead atoms. The zero-order valence-electron chi connectivity index (χ0n) is 15.1. The second-order valence-corrected chi connectivity index (χ2v) is 6.57. The van der Waals surface area contributed by atoms with Gasteiger partial charge < -0.3 is 10.6 Å². The van der Waals surface area contributed by atoms with Crippen LogP contribution in [0.2, 0.25) is 0 Å². The van der Waals surface area contributed by atoms with Gasteiger partial charge in [-0.25, -0.2) is 9.24 Å². The van der Waals surface area contributed by atoms with Gasteiger partial charge in [-0.2, -0.15) is 0 Å². The normalized spacial score (nSPS) is 10.8. The molecule has 0 saturated heterocycles. The van der Waals surface area contributed by atoms with Crippen molar-refractivity contribution in [3.8, 4) is 0 Å². The van der Waals surface area contributed by atoms with E-state index < -0.39 is 11.4 Å². The fourth-order valence-corrected chi connectivity index (χ4v) is 2.44. The van der Waals surface area contributed by atoms with Crippen molar-refractivity contribution in [2.75, 3.05) is 10.6 Å². The van der Waals surface area contributed by atoms with Gasteiger partial charge in [-0.1, -0.05) is 6.07 Å². The second kappa shape index (κ2) is 7.36. The molecule has 0 radical (unpaired) electrons. The van der Waals surface area contributed by atoms with Gasteiger partial charge in [0, 0.05) is 11.4 Å². The molecule has 2 rings (SSSR count). The van der Waals surface area contributed by atoms with Crippen LogP contribution in [0, 0.1) is 19.3 Å². The molecular formula is C20H20FN3O2. The number of hydrogen-bond acceptors (Lipinski definition) is 3. The van der Waals surface area contributed by atoms with Gasteiger partial charge in [-0.05, 0) is 63.6 Å². The Morgan fingerprint density at radius 2 is 1.77 bits per heavy atom. The minimum absolute atomic E-state index is 0.00757. The summed E-state index contributed by atoms with van der Waals surface area (Å²) < 4.78 is 14.0. The van der Waals surface area contributed by atoms with Gasteiger partial charge in [0.2, 0.25) is 5.91 Å². The molecule has 0 spiro atoms. The van der Waals surface area contributed by atoms with Gasteiger partial charge in [0.05, 0.1) is 12.1 Å². The summed E-state index contributed by atoms with van der Waals surface area (Å²) in [6, 6.07) is 9.18. The summed E-state index contributed by atoms with van der Waals surface area (Å²) in [5, 5.41) is 5.76. The number of hydrogen-bond donors (Lipinski definition) is 2. The van der Waals surface area contributed by atoms with Crippen LogP contribution in [0.4, 0.5) is 21.5 Å². The first kappa shape index (κ1) is 19.1. The SMILES string of the molecule is [C-]#[N+]c1ccc(NC(=O)C(C)(C)Nc2ccc(C(C)=O)c(F)c2)cc1C. The predicted molar refractivity (Wildman–Crippen MR) is 100 cm³/mol. The molecule has 0 unspecified atom stereocenters. The number of aryl methyl sites for hydroxylation is 1. The van der Waals surface area contributed by atoms with E-state index in [1.807, 2.05) is 0 Å². The number of carbonyl (C=O) groups excluding carboxylic acids is 2. The van der Waals surface area contributed by atoms with Crippen LogP contribution in [-0.2, 0) is 4.79 Å². The summed E-state index contributed by atoms with van der Waals surface area (Å²) in [5.41, 5.74) is 1.25. The number of nitrogens with zero attached hydrogens (tertiary/aromatic N) is 1. The fraction of sp³-hybridized carbons (Fsp3) is 0.250. The topological polar surface area (TPSA) is 62.6 Å². The van der Waals surface area contributed by atoms with E-state index in [0.717, 1.165) is 5.56 Å². The van der Waals surface area contributed by atoms with Crippen LogP contribution >= 0.6 is 0 Å². The van der Waals surface area contributed by atoms with E-state index in [1.165, 1.54) is 19.1 Å². The summed E-state index contributed by atoms with van der Waals surface area (Å²) in [5.74, 6) is -1.31. The molecule has 26 heavy (non-hydrogen) atoms. The zero-order chi connectivity index (χ0) is 19.5. The van der Waals surface area contributed by atoms with E-state index in [0.29, 0.717) is 17.1 Å². The number of Topliss-reactive ketones (excluding diaryl/α,β-unsaturated/α-hetero) is 1. The molecule has 2 aromatic rings. The molecular weight excluding hydrogens is 333 g/mol. The summed E-state index contributed by atoms with van der Waals surface area (Å²) in [6.07, 6.45) is 0. The lowest BCUT2D eigenvalue weighted by atomic mass is 10.0. The Labute approximate surface area is 152 Å². The third kappa shape index (κ3) is 4.25. The van der Waals surface area contributed by atoms with E-state index in [2.05, 4.69) is 15.5 Å². The van der Waals surface area contributed by atoms with Crippen molar-refractivity contribution in [3.63, 3.8) is 0 Å². The van der Waals surface area contributed by atoms with Crippen LogP contribution in [0.3, 0.4) is 0 Å². The molecule has 134 valence electrons. The molecule has 2 N–H and O–H groups in total. The molecule has 6 heteroatoms. The monoisotopic (exact) mass is 353 g/mol. The van der Waals surface area contributed by atoms with Crippen molar-refractivity contribution < 1.29 is 14.0 Å². The molecule has 0 fully saturated rings. The third-order valence-electron chi connectivity index (χ3n) is 3.95. The van der Waals surface area contributed by atoms with Crippen molar-refractivity contribution in [1.82, 2.24) is 0 Å². The number of carbonyl (C=O) groups is 2. The smallest absolute Gasteiger partial charge is 0.249 e. The quantitative estimate of drug-likeness (QED) is 0.604. The molecule has 2 aromatic carbocycles. The summed E-state index contributed by atoms with van der Waals surface area (Å²) >= 11 is 0. The summed E-state index contributed by atoms with van der Waals surface area (Å²) in [6.45, 7) is 13.5. The highest BCUT2D eigenvalue weighted by molar-refractivity contribution is 6.00. The molecule has 0 heterocycles. The molecule has 0 saturated carbocycles. The van der Waals surface area contributed by atoms with Gasteiger partial charge in [0.15, 0.2) is 11.5 Å². The van der Waals surface area contributed by atoms with Gasteiger partial charge in [0.25, 0.3) is 0 Å². The first-order chi connectivity index (χ1) is 12.1.